The van der Waals surface area contributed by atoms with Crippen LogP contribution in [0.25, 0.3) is 0 Å². The molecule has 9 nitrogen and oxygen atoms in total. The molecule has 0 aliphatic carbocycles. The van der Waals surface area contributed by atoms with Gasteiger partial charge < -0.3 is 14.7 Å². The molecule has 10 heteroatoms. The number of hydrogen-bond donors (Lipinski definition) is 1. The molecule has 2 saturated heterocycles. The van der Waals surface area contributed by atoms with Gasteiger partial charge in [-0.3, -0.25) is 4.79 Å². The van der Waals surface area contributed by atoms with Crippen molar-refractivity contribution in [3.05, 3.63) is 35.9 Å². The molecule has 0 saturated carbocycles. The lowest BCUT2D eigenvalue weighted by Gasteiger charge is -2.39. The fourth-order valence-electron chi connectivity index (χ4n) is 4.11. The van der Waals surface area contributed by atoms with Crippen LogP contribution < -0.4 is 0 Å². The average Bonchev–Trinajstić information content (AvgIpc) is 3.17. The summed E-state index contributed by atoms with van der Waals surface area (Å²) in [7, 11) is -2.19. The summed E-state index contributed by atoms with van der Waals surface area (Å²) >= 11 is 0. The first-order valence-corrected chi connectivity index (χ1v) is 11.9. The Morgan fingerprint density at radius 3 is 2.39 bits per heavy atom. The lowest BCUT2D eigenvalue weighted by atomic mass is 10.0. The monoisotopic (exact) mass is 453 g/mol. The van der Waals surface area contributed by atoms with E-state index >= 15 is 0 Å². The van der Waals surface area contributed by atoms with Crippen LogP contribution in [0.3, 0.4) is 0 Å². The van der Waals surface area contributed by atoms with Crippen molar-refractivity contribution in [2.75, 3.05) is 33.2 Å². The molecule has 2 aliphatic rings. The molecule has 0 aromatic heterocycles. The summed E-state index contributed by atoms with van der Waals surface area (Å²) in [5.41, 5.74) is 1.04. The van der Waals surface area contributed by atoms with Crippen LogP contribution in [0.5, 0.6) is 0 Å². The van der Waals surface area contributed by atoms with Gasteiger partial charge in [-0.15, -0.1) is 0 Å². The Bertz CT molecular complexity index is 886. The minimum atomic E-state index is -3.66. The molecular formula is C21H31N3O6S. The van der Waals surface area contributed by atoms with Gasteiger partial charge in [-0.2, -0.15) is 17.0 Å². The van der Waals surface area contributed by atoms with Crippen LogP contribution in [0, 0.1) is 11.8 Å². The van der Waals surface area contributed by atoms with E-state index in [0.29, 0.717) is 26.1 Å². The number of ether oxygens (including phenoxy) is 1. The Morgan fingerprint density at radius 1 is 1.16 bits per heavy atom. The molecule has 1 amide bonds. The van der Waals surface area contributed by atoms with Crippen LogP contribution in [0.2, 0.25) is 0 Å². The number of hydrogen-bond acceptors (Lipinski definition) is 5. The average molecular weight is 454 g/mol. The zero-order valence-corrected chi connectivity index (χ0v) is 19.0. The molecule has 31 heavy (non-hydrogen) atoms. The van der Waals surface area contributed by atoms with Crippen molar-refractivity contribution in [2.45, 2.75) is 39.0 Å². The summed E-state index contributed by atoms with van der Waals surface area (Å²) < 4.78 is 34.3. The highest BCUT2D eigenvalue weighted by molar-refractivity contribution is 7.86. The molecule has 2 heterocycles. The zero-order chi connectivity index (χ0) is 22.8. The van der Waals surface area contributed by atoms with Crippen LogP contribution in [-0.4, -0.2) is 84.3 Å². The van der Waals surface area contributed by atoms with Gasteiger partial charge in [0.05, 0.1) is 18.6 Å². The number of likely N-dealkylation sites (N-methyl/N-ethyl adjacent to an activating group) is 1. The molecule has 2 fully saturated rings. The molecular weight excluding hydrogens is 422 g/mol. The molecule has 3 rings (SSSR count). The van der Waals surface area contributed by atoms with Crippen molar-refractivity contribution in [1.29, 1.82) is 0 Å². The van der Waals surface area contributed by atoms with Crippen LogP contribution in [0.4, 0.5) is 0 Å². The first-order valence-electron chi connectivity index (χ1n) is 10.5. The summed E-state index contributed by atoms with van der Waals surface area (Å²) in [5.74, 6) is -2.17. The van der Waals surface area contributed by atoms with Crippen molar-refractivity contribution in [1.82, 2.24) is 13.5 Å². The van der Waals surface area contributed by atoms with Crippen molar-refractivity contribution < 1.29 is 27.9 Å². The third-order valence-corrected chi connectivity index (χ3v) is 7.88. The summed E-state index contributed by atoms with van der Waals surface area (Å²) in [6.07, 6.45) is 0.234. The van der Waals surface area contributed by atoms with Gasteiger partial charge in [-0.25, -0.2) is 4.79 Å². The molecule has 1 aromatic rings. The molecule has 0 radical (unpaired) electrons. The Balaban J connectivity index is 1.51. The number of carboxylic acids is 1. The van der Waals surface area contributed by atoms with Crippen molar-refractivity contribution >= 4 is 22.1 Å². The maximum absolute atomic E-state index is 12.9. The van der Waals surface area contributed by atoms with Crippen LogP contribution >= 0.6 is 0 Å². The third-order valence-electron chi connectivity index (χ3n) is 5.95. The van der Waals surface area contributed by atoms with E-state index in [4.69, 9.17) is 4.74 Å². The highest BCUT2D eigenvalue weighted by Gasteiger charge is 2.44. The van der Waals surface area contributed by atoms with Gasteiger partial charge >= 0.3 is 5.97 Å². The maximum atomic E-state index is 12.9. The van der Waals surface area contributed by atoms with Crippen LogP contribution in [0.15, 0.2) is 30.3 Å². The number of carbonyl (C=O) groups excluding carboxylic acids is 1. The van der Waals surface area contributed by atoms with Crippen LogP contribution in [0.1, 0.15) is 25.8 Å². The van der Waals surface area contributed by atoms with Crippen molar-refractivity contribution in [2.24, 2.45) is 11.8 Å². The standard InChI is InChI=1S/C21H31N3O6S/c1-15(2)19(21(26)27)22(3)20(25)17-9-10-23(11-17)31(28,29)24-12-18(13-24)30-14-16-7-5-4-6-8-16/h4-8,15,17-19H,9-14H2,1-3H3,(H,26,27)/t17-,19-/m0/s1. The van der Waals surface area contributed by atoms with Gasteiger partial charge in [0.2, 0.25) is 5.91 Å². The van der Waals surface area contributed by atoms with Gasteiger partial charge in [0.25, 0.3) is 10.2 Å². The van der Waals surface area contributed by atoms with E-state index in [0.717, 1.165) is 5.56 Å². The first kappa shape index (κ1) is 23.6. The number of benzene rings is 1. The highest BCUT2D eigenvalue weighted by Crippen LogP contribution is 2.27. The molecule has 0 bridgehead atoms. The SMILES string of the molecule is CC(C)[C@@H](C(=O)O)N(C)C(=O)[C@H]1CCN(S(=O)(=O)N2CC(OCc3ccccc3)C2)C1. The summed E-state index contributed by atoms with van der Waals surface area (Å²) in [4.78, 5) is 25.6. The third kappa shape index (κ3) is 5.25. The molecule has 0 spiro atoms. The molecule has 2 atom stereocenters. The van der Waals surface area contributed by atoms with E-state index in [-0.39, 0.29) is 31.0 Å². The number of carboxylic acid groups (broad SMARTS) is 1. The molecule has 2 aliphatic heterocycles. The number of aliphatic carboxylic acids is 1. The Kier molecular flexibility index (Phi) is 7.35. The zero-order valence-electron chi connectivity index (χ0n) is 18.2. The lowest BCUT2D eigenvalue weighted by molar-refractivity contribution is -0.152. The molecule has 1 N–H and O–H groups in total. The number of nitrogens with zero attached hydrogens (tertiary/aromatic N) is 3. The smallest absolute Gasteiger partial charge is 0.326 e. The highest BCUT2D eigenvalue weighted by atomic mass is 32.2. The Morgan fingerprint density at radius 2 is 1.81 bits per heavy atom. The number of carbonyl (C=O) groups is 2. The van der Waals surface area contributed by atoms with Gasteiger partial charge in [0, 0.05) is 33.2 Å². The van der Waals surface area contributed by atoms with Crippen molar-refractivity contribution in [3.8, 4) is 0 Å². The predicted octanol–water partition coefficient (Wildman–Crippen LogP) is 1.02. The second kappa shape index (κ2) is 9.64. The predicted molar refractivity (Wildman–Crippen MR) is 114 cm³/mol. The largest absolute Gasteiger partial charge is 0.480 e. The van der Waals surface area contributed by atoms with Gasteiger partial charge in [-0.05, 0) is 17.9 Å². The van der Waals surface area contributed by atoms with Gasteiger partial charge in [-0.1, -0.05) is 44.2 Å². The minimum absolute atomic E-state index is 0.0714. The van der Waals surface area contributed by atoms with Gasteiger partial charge in [0.15, 0.2) is 0 Å². The van der Waals surface area contributed by atoms with E-state index < -0.39 is 28.1 Å². The topological polar surface area (TPSA) is 107 Å². The normalized spacial score (nSPS) is 21.7. The number of amides is 1. The minimum Gasteiger partial charge on any atom is -0.480 e. The second-order valence-electron chi connectivity index (χ2n) is 8.56. The van der Waals surface area contributed by atoms with E-state index in [1.54, 1.807) is 13.8 Å². The summed E-state index contributed by atoms with van der Waals surface area (Å²) in [6.45, 7) is 4.83. The lowest BCUT2D eigenvalue weighted by Crippen LogP contribution is -2.58. The van der Waals surface area contributed by atoms with Crippen molar-refractivity contribution in [3.63, 3.8) is 0 Å². The summed E-state index contributed by atoms with van der Waals surface area (Å²) in [6, 6.07) is 8.77. The Labute approximate surface area is 183 Å². The molecule has 1 aromatic carbocycles. The van der Waals surface area contributed by atoms with E-state index in [9.17, 15) is 23.1 Å². The summed E-state index contributed by atoms with van der Waals surface area (Å²) in [5, 5.41) is 9.42. The van der Waals surface area contributed by atoms with E-state index in [2.05, 4.69) is 0 Å². The Hall–Kier alpha value is -2.01. The molecule has 0 unspecified atom stereocenters. The first-order chi connectivity index (χ1) is 14.6. The van der Waals surface area contributed by atoms with E-state index in [1.807, 2.05) is 30.3 Å². The fourth-order valence-corrected chi connectivity index (χ4v) is 5.85. The van der Waals surface area contributed by atoms with E-state index in [1.165, 1.54) is 20.6 Å². The quantitative estimate of drug-likeness (QED) is 0.598. The molecule has 172 valence electrons. The van der Waals surface area contributed by atoms with Crippen LogP contribution in [-0.2, 0) is 31.1 Å². The fraction of sp³-hybridized carbons (Fsp3) is 0.619. The maximum Gasteiger partial charge on any atom is 0.326 e. The number of rotatable bonds is 9. The second-order valence-corrected chi connectivity index (χ2v) is 10.5. The van der Waals surface area contributed by atoms with Gasteiger partial charge in [0.1, 0.15) is 6.04 Å².